The molecule has 1 aromatic rings. The monoisotopic (exact) mass is 435 g/mol. The molecule has 3 aliphatic rings. The SMILES string of the molecule is Cc1cc2c(cc1S(=O)(=O)N1CCC(C(=O)NC3CCCC3)CC1)O[C@@H](C)C(=O)N2. The number of piperidine rings is 1. The van der Waals surface area contributed by atoms with E-state index >= 15 is 0 Å². The van der Waals surface area contributed by atoms with Gasteiger partial charge in [-0.3, -0.25) is 9.59 Å². The van der Waals surface area contributed by atoms with Gasteiger partial charge < -0.3 is 15.4 Å². The zero-order valence-corrected chi connectivity index (χ0v) is 18.3. The average Bonchev–Trinajstić information content (AvgIpc) is 3.22. The molecule has 0 spiro atoms. The van der Waals surface area contributed by atoms with Crippen molar-refractivity contribution in [1.82, 2.24) is 9.62 Å². The maximum absolute atomic E-state index is 13.3. The third kappa shape index (κ3) is 4.05. The predicted molar refractivity (Wildman–Crippen MR) is 112 cm³/mol. The van der Waals surface area contributed by atoms with Crippen LogP contribution in [0.25, 0.3) is 0 Å². The zero-order chi connectivity index (χ0) is 21.5. The Labute approximate surface area is 177 Å². The molecule has 2 heterocycles. The third-order valence-electron chi connectivity index (χ3n) is 6.35. The van der Waals surface area contributed by atoms with Crippen molar-refractivity contribution in [2.24, 2.45) is 5.92 Å². The number of carbonyl (C=O) groups excluding carboxylic acids is 2. The van der Waals surface area contributed by atoms with Gasteiger partial charge in [-0.05, 0) is 51.2 Å². The molecule has 2 amide bonds. The van der Waals surface area contributed by atoms with Crippen molar-refractivity contribution in [3.8, 4) is 5.75 Å². The van der Waals surface area contributed by atoms with Gasteiger partial charge in [0.15, 0.2) is 6.10 Å². The molecular weight excluding hydrogens is 406 g/mol. The Bertz CT molecular complexity index is 948. The van der Waals surface area contributed by atoms with E-state index in [1.165, 1.54) is 10.4 Å². The first-order valence-electron chi connectivity index (χ1n) is 10.7. The second-order valence-corrected chi connectivity index (χ2v) is 10.4. The molecule has 0 unspecified atom stereocenters. The van der Waals surface area contributed by atoms with Crippen molar-refractivity contribution >= 4 is 27.5 Å². The minimum atomic E-state index is -3.72. The van der Waals surface area contributed by atoms with Crippen LogP contribution in [0.5, 0.6) is 5.75 Å². The van der Waals surface area contributed by atoms with E-state index in [0.717, 1.165) is 25.7 Å². The molecule has 2 fully saturated rings. The third-order valence-corrected chi connectivity index (χ3v) is 8.39. The van der Waals surface area contributed by atoms with Crippen LogP contribution in [0.15, 0.2) is 17.0 Å². The van der Waals surface area contributed by atoms with Crippen molar-refractivity contribution in [2.45, 2.75) is 69.4 Å². The predicted octanol–water partition coefficient (Wildman–Crippen LogP) is 2.17. The van der Waals surface area contributed by atoms with Gasteiger partial charge in [-0.2, -0.15) is 4.31 Å². The fourth-order valence-corrected chi connectivity index (χ4v) is 6.20. The van der Waals surface area contributed by atoms with Crippen molar-refractivity contribution < 1.29 is 22.7 Å². The van der Waals surface area contributed by atoms with Crippen molar-refractivity contribution in [3.05, 3.63) is 17.7 Å². The molecule has 1 aliphatic carbocycles. The summed E-state index contributed by atoms with van der Waals surface area (Å²) < 4.78 is 33.6. The fourth-order valence-electron chi connectivity index (χ4n) is 4.51. The van der Waals surface area contributed by atoms with Crippen LogP contribution in [-0.4, -0.2) is 49.8 Å². The van der Waals surface area contributed by atoms with Gasteiger partial charge in [0.1, 0.15) is 5.75 Å². The number of sulfonamides is 1. The number of ether oxygens (including phenoxy) is 1. The van der Waals surface area contributed by atoms with E-state index in [2.05, 4.69) is 10.6 Å². The Hall–Kier alpha value is -2.13. The highest BCUT2D eigenvalue weighted by Crippen LogP contribution is 2.36. The molecule has 4 rings (SSSR count). The fraction of sp³-hybridized carbons (Fsp3) is 0.619. The number of amides is 2. The van der Waals surface area contributed by atoms with Gasteiger partial charge in [-0.15, -0.1) is 0 Å². The number of hydrogen-bond donors (Lipinski definition) is 2. The van der Waals surface area contributed by atoms with E-state index in [-0.39, 0.29) is 28.7 Å². The summed E-state index contributed by atoms with van der Waals surface area (Å²) in [5.74, 6) is 0.0238. The van der Waals surface area contributed by atoms with Gasteiger partial charge in [-0.25, -0.2) is 8.42 Å². The van der Waals surface area contributed by atoms with Crippen LogP contribution < -0.4 is 15.4 Å². The van der Waals surface area contributed by atoms with Crippen LogP contribution in [0.1, 0.15) is 51.0 Å². The van der Waals surface area contributed by atoms with E-state index in [4.69, 9.17) is 4.74 Å². The Kier molecular flexibility index (Phi) is 5.76. The Balaban J connectivity index is 1.45. The molecule has 164 valence electrons. The molecule has 2 N–H and O–H groups in total. The lowest BCUT2D eigenvalue weighted by Gasteiger charge is -2.32. The highest BCUT2D eigenvalue weighted by Gasteiger charge is 2.35. The molecule has 8 nitrogen and oxygen atoms in total. The first-order valence-corrected chi connectivity index (χ1v) is 12.1. The Morgan fingerprint density at radius 1 is 1.17 bits per heavy atom. The summed E-state index contributed by atoms with van der Waals surface area (Å²) in [4.78, 5) is 24.5. The first kappa shape index (κ1) is 21.1. The van der Waals surface area contributed by atoms with E-state index < -0.39 is 16.1 Å². The summed E-state index contributed by atoms with van der Waals surface area (Å²) in [6.07, 6.45) is 4.76. The second-order valence-electron chi connectivity index (χ2n) is 8.53. The maximum Gasteiger partial charge on any atom is 0.265 e. The molecule has 1 aromatic carbocycles. The molecule has 0 radical (unpaired) electrons. The van der Waals surface area contributed by atoms with E-state index in [1.54, 1.807) is 19.9 Å². The van der Waals surface area contributed by atoms with Gasteiger partial charge >= 0.3 is 0 Å². The van der Waals surface area contributed by atoms with Crippen molar-refractivity contribution in [2.75, 3.05) is 18.4 Å². The number of aryl methyl sites for hydroxylation is 1. The number of carbonyl (C=O) groups is 2. The summed E-state index contributed by atoms with van der Waals surface area (Å²) in [5, 5.41) is 5.87. The number of nitrogens with one attached hydrogen (secondary N) is 2. The lowest BCUT2D eigenvalue weighted by molar-refractivity contribution is -0.126. The van der Waals surface area contributed by atoms with Gasteiger partial charge in [0, 0.05) is 31.1 Å². The number of benzene rings is 1. The number of hydrogen-bond acceptors (Lipinski definition) is 5. The van der Waals surface area contributed by atoms with Gasteiger partial charge in [-0.1, -0.05) is 12.8 Å². The molecule has 9 heteroatoms. The normalized spacial score (nSPS) is 23.5. The van der Waals surface area contributed by atoms with E-state index in [1.807, 2.05) is 0 Å². The topological polar surface area (TPSA) is 105 Å². The summed E-state index contributed by atoms with van der Waals surface area (Å²) in [5.41, 5.74) is 1.03. The molecule has 1 saturated heterocycles. The van der Waals surface area contributed by atoms with Gasteiger partial charge in [0.25, 0.3) is 5.91 Å². The summed E-state index contributed by atoms with van der Waals surface area (Å²) >= 11 is 0. The maximum atomic E-state index is 13.3. The van der Waals surface area contributed by atoms with Crippen LogP contribution in [0.2, 0.25) is 0 Å². The molecule has 30 heavy (non-hydrogen) atoms. The van der Waals surface area contributed by atoms with Crippen molar-refractivity contribution in [3.63, 3.8) is 0 Å². The second kappa shape index (κ2) is 8.19. The minimum absolute atomic E-state index is 0.0574. The van der Waals surface area contributed by atoms with Crippen LogP contribution in [0, 0.1) is 12.8 Å². The molecular formula is C21H29N3O5S. The average molecular weight is 436 g/mol. The molecule has 1 atom stereocenters. The summed E-state index contributed by atoms with van der Waals surface area (Å²) in [6.45, 7) is 3.96. The summed E-state index contributed by atoms with van der Waals surface area (Å²) in [6, 6.07) is 3.41. The van der Waals surface area contributed by atoms with Crippen LogP contribution in [-0.2, 0) is 19.6 Å². The molecule has 0 aromatic heterocycles. The van der Waals surface area contributed by atoms with Crippen LogP contribution in [0.4, 0.5) is 5.69 Å². The highest BCUT2D eigenvalue weighted by atomic mass is 32.2. The van der Waals surface area contributed by atoms with Crippen LogP contribution >= 0.6 is 0 Å². The van der Waals surface area contributed by atoms with Crippen LogP contribution in [0.3, 0.4) is 0 Å². The van der Waals surface area contributed by atoms with E-state index in [0.29, 0.717) is 42.9 Å². The van der Waals surface area contributed by atoms with Gasteiger partial charge in [0.05, 0.1) is 10.6 Å². The number of rotatable bonds is 4. The van der Waals surface area contributed by atoms with Crippen molar-refractivity contribution in [1.29, 1.82) is 0 Å². The molecule has 0 bridgehead atoms. The number of nitrogens with zero attached hydrogens (tertiary/aromatic N) is 1. The standard InChI is InChI=1S/C21H29N3O5S/c1-13-11-17-18(29-14(2)20(25)23-17)12-19(13)30(27,28)24-9-7-15(8-10-24)21(26)22-16-5-3-4-6-16/h11-12,14-16H,3-10H2,1-2H3,(H,22,26)(H,23,25)/t14-/m0/s1. The highest BCUT2D eigenvalue weighted by molar-refractivity contribution is 7.89. The first-order chi connectivity index (χ1) is 14.3. The Morgan fingerprint density at radius 3 is 2.50 bits per heavy atom. The van der Waals surface area contributed by atoms with Gasteiger partial charge in [0.2, 0.25) is 15.9 Å². The quantitative estimate of drug-likeness (QED) is 0.754. The Morgan fingerprint density at radius 2 is 1.83 bits per heavy atom. The minimum Gasteiger partial charge on any atom is -0.479 e. The number of fused-ring (bicyclic) bond motifs is 1. The molecule has 2 aliphatic heterocycles. The number of anilines is 1. The van der Waals surface area contributed by atoms with E-state index in [9.17, 15) is 18.0 Å². The zero-order valence-electron chi connectivity index (χ0n) is 17.4. The smallest absolute Gasteiger partial charge is 0.265 e. The lowest BCUT2D eigenvalue weighted by Crippen LogP contribution is -2.45. The largest absolute Gasteiger partial charge is 0.479 e. The summed E-state index contributed by atoms with van der Waals surface area (Å²) in [7, 11) is -3.72. The molecule has 1 saturated carbocycles. The lowest BCUT2D eigenvalue weighted by atomic mass is 9.97.